The number of ketones is 1. The molecule has 1 aromatic rings. The van der Waals surface area contributed by atoms with E-state index in [2.05, 4.69) is 6.08 Å². The van der Waals surface area contributed by atoms with E-state index in [1.165, 1.54) is 0 Å². The van der Waals surface area contributed by atoms with Gasteiger partial charge in [0, 0.05) is 18.1 Å². The third-order valence-electron chi connectivity index (χ3n) is 2.40. The predicted octanol–water partition coefficient (Wildman–Crippen LogP) is 2.75. The highest BCUT2D eigenvalue weighted by Crippen LogP contribution is 2.28. The van der Waals surface area contributed by atoms with E-state index in [4.69, 9.17) is 4.42 Å². The molecule has 0 amide bonds. The lowest BCUT2D eigenvalue weighted by Crippen LogP contribution is -1.98. The van der Waals surface area contributed by atoms with Crippen molar-refractivity contribution < 1.29 is 9.21 Å². The molecule has 0 bridgehead atoms. The molecule has 0 fully saturated rings. The number of allylic oxidation sites excluding steroid dienone is 1. The van der Waals surface area contributed by atoms with Crippen molar-refractivity contribution in [2.24, 2.45) is 0 Å². The smallest absolute Gasteiger partial charge is 0.195 e. The van der Waals surface area contributed by atoms with E-state index in [9.17, 15) is 4.79 Å². The molecule has 13 heavy (non-hydrogen) atoms. The fourth-order valence-electron chi connectivity index (χ4n) is 1.78. The van der Waals surface area contributed by atoms with E-state index in [0.717, 1.165) is 29.7 Å². The largest absolute Gasteiger partial charge is 0.457 e. The summed E-state index contributed by atoms with van der Waals surface area (Å²) in [5.74, 6) is 1.44. The summed E-state index contributed by atoms with van der Waals surface area (Å²) in [6.45, 7) is 3.46. The standard InChI is InChI=1S/C11H12O2/c1-7(12)11-10-6-4-3-5-9(10)8(2)13-11/h3,5H,4,6H2,1-2H3. The Balaban J connectivity index is 2.61. The first-order valence-corrected chi connectivity index (χ1v) is 4.50. The summed E-state index contributed by atoms with van der Waals surface area (Å²) >= 11 is 0. The highest BCUT2D eigenvalue weighted by Gasteiger charge is 2.19. The quantitative estimate of drug-likeness (QED) is 0.616. The fraction of sp³-hybridized carbons (Fsp3) is 0.364. The zero-order chi connectivity index (χ0) is 9.42. The van der Waals surface area contributed by atoms with Crippen molar-refractivity contribution in [2.75, 3.05) is 0 Å². The maximum Gasteiger partial charge on any atom is 0.195 e. The Morgan fingerprint density at radius 3 is 3.00 bits per heavy atom. The van der Waals surface area contributed by atoms with Gasteiger partial charge < -0.3 is 4.42 Å². The lowest BCUT2D eigenvalue weighted by atomic mass is 9.97. The van der Waals surface area contributed by atoms with Crippen LogP contribution in [0.3, 0.4) is 0 Å². The normalized spacial score (nSPS) is 14.3. The fourth-order valence-corrected chi connectivity index (χ4v) is 1.78. The molecule has 2 nitrogen and oxygen atoms in total. The summed E-state index contributed by atoms with van der Waals surface area (Å²) in [5, 5.41) is 0. The average molecular weight is 176 g/mol. The number of Topliss-reactive ketones (excluding diaryl/α,β-unsaturated/α-hetero) is 1. The van der Waals surface area contributed by atoms with Gasteiger partial charge in [0.15, 0.2) is 11.5 Å². The molecule has 0 N–H and O–H groups in total. The van der Waals surface area contributed by atoms with Gasteiger partial charge in [-0.25, -0.2) is 0 Å². The highest BCUT2D eigenvalue weighted by molar-refractivity contribution is 5.94. The molecular weight excluding hydrogens is 164 g/mol. The zero-order valence-electron chi connectivity index (χ0n) is 7.89. The number of carbonyl (C=O) groups excluding carboxylic acids is 1. The maximum atomic E-state index is 11.2. The van der Waals surface area contributed by atoms with Gasteiger partial charge in [-0.15, -0.1) is 0 Å². The molecule has 1 aliphatic rings. The molecule has 1 aromatic heterocycles. The molecule has 0 saturated carbocycles. The van der Waals surface area contributed by atoms with Gasteiger partial charge in [-0.1, -0.05) is 12.2 Å². The van der Waals surface area contributed by atoms with Crippen LogP contribution in [0.4, 0.5) is 0 Å². The van der Waals surface area contributed by atoms with E-state index >= 15 is 0 Å². The van der Waals surface area contributed by atoms with E-state index in [0.29, 0.717) is 5.76 Å². The number of rotatable bonds is 1. The van der Waals surface area contributed by atoms with Crippen LogP contribution in [0.25, 0.3) is 6.08 Å². The van der Waals surface area contributed by atoms with Crippen molar-refractivity contribution in [1.82, 2.24) is 0 Å². The topological polar surface area (TPSA) is 30.2 Å². The number of furan rings is 1. The summed E-state index contributed by atoms with van der Waals surface area (Å²) in [4.78, 5) is 11.2. The molecule has 0 unspecified atom stereocenters. The van der Waals surface area contributed by atoms with Crippen molar-refractivity contribution in [1.29, 1.82) is 0 Å². The van der Waals surface area contributed by atoms with Crippen LogP contribution in [-0.2, 0) is 6.42 Å². The second kappa shape index (κ2) is 2.87. The molecule has 0 radical (unpaired) electrons. The predicted molar refractivity (Wildman–Crippen MR) is 50.8 cm³/mol. The van der Waals surface area contributed by atoms with Gasteiger partial charge in [0.05, 0.1) is 0 Å². The monoisotopic (exact) mass is 176 g/mol. The number of fused-ring (bicyclic) bond motifs is 1. The van der Waals surface area contributed by atoms with Crippen LogP contribution in [0.5, 0.6) is 0 Å². The molecule has 0 saturated heterocycles. The lowest BCUT2D eigenvalue weighted by Gasteiger charge is -2.04. The van der Waals surface area contributed by atoms with Crippen molar-refractivity contribution in [3.05, 3.63) is 28.7 Å². The Bertz CT molecular complexity index is 383. The van der Waals surface area contributed by atoms with Crippen LogP contribution in [0, 0.1) is 6.92 Å². The number of hydrogen-bond acceptors (Lipinski definition) is 2. The lowest BCUT2D eigenvalue weighted by molar-refractivity contribution is 0.0984. The molecule has 0 aliphatic heterocycles. The first kappa shape index (κ1) is 8.30. The van der Waals surface area contributed by atoms with Gasteiger partial charge >= 0.3 is 0 Å². The third-order valence-corrected chi connectivity index (χ3v) is 2.40. The molecule has 1 heterocycles. The van der Waals surface area contributed by atoms with E-state index in [1.54, 1.807) is 6.92 Å². The third kappa shape index (κ3) is 1.22. The molecular formula is C11H12O2. The van der Waals surface area contributed by atoms with E-state index in [1.807, 2.05) is 13.0 Å². The second-order valence-electron chi connectivity index (χ2n) is 3.38. The van der Waals surface area contributed by atoms with Gasteiger partial charge in [0.25, 0.3) is 0 Å². The maximum absolute atomic E-state index is 11.2. The minimum atomic E-state index is 0.0275. The van der Waals surface area contributed by atoms with Crippen LogP contribution < -0.4 is 0 Å². The summed E-state index contributed by atoms with van der Waals surface area (Å²) in [6.07, 6.45) is 6.10. The molecule has 0 aromatic carbocycles. The summed E-state index contributed by atoms with van der Waals surface area (Å²) in [5.41, 5.74) is 2.20. The van der Waals surface area contributed by atoms with Crippen molar-refractivity contribution in [3.63, 3.8) is 0 Å². The molecule has 0 spiro atoms. The molecule has 2 rings (SSSR count). The Morgan fingerprint density at radius 2 is 2.31 bits per heavy atom. The Labute approximate surface area is 77.2 Å². The van der Waals surface area contributed by atoms with Gasteiger partial charge in [0.1, 0.15) is 5.76 Å². The van der Waals surface area contributed by atoms with Crippen LogP contribution >= 0.6 is 0 Å². The Kier molecular flexibility index (Phi) is 1.83. The van der Waals surface area contributed by atoms with Crippen molar-refractivity contribution in [3.8, 4) is 0 Å². The van der Waals surface area contributed by atoms with E-state index in [-0.39, 0.29) is 5.78 Å². The minimum absolute atomic E-state index is 0.0275. The Morgan fingerprint density at radius 1 is 1.54 bits per heavy atom. The molecule has 68 valence electrons. The van der Waals surface area contributed by atoms with Gasteiger partial charge in [-0.3, -0.25) is 4.79 Å². The van der Waals surface area contributed by atoms with Gasteiger partial charge in [0.2, 0.25) is 0 Å². The van der Waals surface area contributed by atoms with Crippen molar-refractivity contribution in [2.45, 2.75) is 26.7 Å². The highest BCUT2D eigenvalue weighted by atomic mass is 16.3. The summed E-state index contributed by atoms with van der Waals surface area (Å²) in [6, 6.07) is 0. The van der Waals surface area contributed by atoms with Crippen LogP contribution in [-0.4, -0.2) is 5.78 Å². The van der Waals surface area contributed by atoms with Crippen LogP contribution in [0.15, 0.2) is 10.5 Å². The molecule has 2 heteroatoms. The second-order valence-corrected chi connectivity index (χ2v) is 3.38. The Hall–Kier alpha value is -1.31. The number of carbonyl (C=O) groups is 1. The first-order chi connectivity index (χ1) is 6.20. The summed E-state index contributed by atoms with van der Waals surface area (Å²) < 4.78 is 5.43. The summed E-state index contributed by atoms with van der Waals surface area (Å²) in [7, 11) is 0. The molecule has 0 atom stereocenters. The number of aryl methyl sites for hydroxylation is 1. The van der Waals surface area contributed by atoms with E-state index < -0.39 is 0 Å². The van der Waals surface area contributed by atoms with Gasteiger partial charge in [-0.2, -0.15) is 0 Å². The number of hydrogen-bond donors (Lipinski definition) is 0. The average Bonchev–Trinajstić information content (AvgIpc) is 2.45. The first-order valence-electron chi connectivity index (χ1n) is 4.50. The molecule has 1 aliphatic carbocycles. The zero-order valence-corrected chi connectivity index (χ0v) is 7.89. The van der Waals surface area contributed by atoms with Crippen LogP contribution in [0.1, 0.15) is 40.8 Å². The van der Waals surface area contributed by atoms with Gasteiger partial charge in [-0.05, 0) is 19.8 Å². The SMILES string of the molecule is CC(=O)c1oc(C)c2c1CCC=C2. The minimum Gasteiger partial charge on any atom is -0.457 e. The van der Waals surface area contributed by atoms with Crippen molar-refractivity contribution >= 4 is 11.9 Å². The van der Waals surface area contributed by atoms with Crippen LogP contribution in [0.2, 0.25) is 0 Å².